The zero-order valence-electron chi connectivity index (χ0n) is 14.7. The average Bonchev–Trinajstić information content (AvgIpc) is 3.22. The predicted molar refractivity (Wildman–Crippen MR) is 94.0 cm³/mol. The number of nitrogens with zero attached hydrogens (tertiary/aromatic N) is 2. The van der Waals surface area contributed by atoms with E-state index in [0.717, 1.165) is 12.8 Å². The number of amides is 1. The van der Waals surface area contributed by atoms with Gasteiger partial charge in [-0.3, -0.25) is 4.79 Å². The summed E-state index contributed by atoms with van der Waals surface area (Å²) in [4.78, 5) is 14.3. The summed E-state index contributed by atoms with van der Waals surface area (Å²) in [6.45, 7) is 1.52. The zero-order valence-corrected chi connectivity index (χ0v) is 15.5. The SMILES string of the molecule is CN1C(=O)C2(OCCCO2)c2cc(S(=O)(=O)N3CCC[C@H]3CN)ccc21. The molecule has 3 aliphatic rings. The van der Waals surface area contributed by atoms with Crippen molar-refractivity contribution in [1.82, 2.24) is 4.31 Å². The van der Waals surface area contributed by atoms with Crippen LogP contribution in [0.25, 0.3) is 0 Å². The lowest BCUT2D eigenvalue weighted by Gasteiger charge is -2.32. The first-order chi connectivity index (χ1) is 12.4. The van der Waals surface area contributed by atoms with Gasteiger partial charge in [0.2, 0.25) is 10.0 Å². The average molecular weight is 381 g/mol. The van der Waals surface area contributed by atoms with Crippen LogP contribution in [0.4, 0.5) is 5.69 Å². The molecule has 1 amide bonds. The Labute approximate surface area is 152 Å². The molecule has 1 spiro atoms. The quantitative estimate of drug-likeness (QED) is 0.811. The second-order valence-electron chi connectivity index (χ2n) is 6.86. The summed E-state index contributed by atoms with van der Waals surface area (Å²) < 4.78 is 39.2. The van der Waals surface area contributed by atoms with Crippen LogP contribution < -0.4 is 10.6 Å². The van der Waals surface area contributed by atoms with Crippen molar-refractivity contribution in [3.05, 3.63) is 23.8 Å². The molecule has 1 aromatic carbocycles. The third kappa shape index (κ3) is 2.42. The standard InChI is InChI=1S/C17H23N3O5S/c1-19-15-6-5-13(26(22,23)20-7-2-4-12(20)11-18)10-14(15)17(16(19)21)24-8-3-9-25-17/h5-6,10,12H,2-4,7-9,11,18H2,1H3/t12-/m0/s1. The van der Waals surface area contributed by atoms with E-state index >= 15 is 0 Å². The summed E-state index contributed by atoms with van der Waals surface area (Å²) in [6, 6.07) is 4.51. The number of anilines is 1. The molecule has 26 heavy (non-hydrogen) atoms. The van der Waals surface area contributed by atoms with Gasteiger partial charge in [0.05, 0.1) is 23.8 Å². The highest BCUT2D eigenvalue weighted by Gasteiger charge is 2.54. The molecule has 0 unspecified atom stereocenters. The van der Waals surface area contributed by atoms with E-state index in [1.807, 2.05) is 0 Å². The molecule has 2 fully saturated rings. The van der Waals surface area contributed by atoms with Crippen molar-refractivity contribution in [2.75, 3.05) is 38.3 Å². The first-order valence-corrected chi connectivity index (χ1v) is 10.3. The Morgan fingerprint density at radius 3 is 2.69 bits per heavy atom. The Bertz CT molecular complexity index is 835. The molecule has 0 aliphatic carbocycles. The lowest BCUT2D eigenvalue weighted by Crippen LogP contribution is -2.46. The van der Waals surface area contributed by atoms with Crippen molar-refractivity contribution >= 4 is 21.6 Å². The Balaban J connectivity index is 1.79. The molecule has 1 atom stereocenters. The number of hydrogen-bond donors (Lipinski definition) is 1. The van der Waals surface area contributed by atoms with Crippen LogP contribution in [0.1, 0.15) is 24.8 Å². The topological polar surface area (TPSA) is 102 Å². The molecule has 8 nitrogen and oxygen atoms in total. The molecule has 1 aromatic rings. The van der Waals surface area contributed by atoms with Crippen molar-refractivity contribution in [3.63, 3.8) is 0 Å². The summed E-state index contributed by atoms with van der Waals surface area (Å²) in [5.74, 6) is -1.87. The number of sulfonamides is 1. The number of ether oxygens (including phenoxy) is 2. The normalized spacial score (nSPS) is 25.8. The summed E-state index contributed by atoms with van der Waals surface area (Å²) in [5.41, 5.74) is 6.80. The molecule has 3 aliphatic heterocycles. The van der Waals surface area contributed by atoms with E-state index in [1.165, 1.54) is 21.3 Å². The largest absolute Gasteiger partial charge is 0.338 e. The molecule has 0 radical (unpaired) electrons. The molecule has 4 rings (SSSR count). The van der Waals surface area contributed by atoms with Crippen LogP contribution in [0, 0.1) is 0 Å². The summed E-state index contributed by atoms with van der Waals surface area (Å²) in [6.07, 6.45) is 2.25. The fourth-order valence-electron chi connectivity index (χ4n) is 3.99. The number of carbonyl (C=O) groups excluding carboxylic acids is 1. The molecule has 3 heterocycles. The van der Waals surface area contributed by atoms with Crippen LogP contribution in [-0.2, 0) is 30.1 Å². The number of benzene rings is 1. The fraction of sp³-hybridized carbons (Fsp3) is 0.588. The summed E-state index contributed by atoms with van der Waals surface area (Å²) >= 11 is 0. The second-order valence-corrected chi connectivity index (χ2v) is 8.75. The van der Waals surface area contributed by atoms with Crippen molar-refractivity contribution in [2.24, 2.45) is 5.73 Å². The molecule has 0 bridgehead atoms. The second kappa shape index (κ2) is 6.28. The van der Waals surface area contributed by atoms with E-state index in [1.54, 1.807) is 13.1 Å². The minimum Gasteiger partial charge on any atom is -0.338 e. The molecular weight excluding hydrogens is 358 g/mol. The van der Waals surface area contributed by atoms with E-state index < -0.39 is 15.8 Å². The molecule has 9 heteroatoms. The van der Waals surface area contributed by atoms with Gasteiger partial charge in [-0.05, 0) is 37.5 Å². The highest BCUT2D eigenvalue weighted by molar-refractivity contribution is 7.89. The van der Waals surface area contributed by atoms with Gasteiger partial charge in [0.25, 0.3) is 11.7 Å². The maximum Gasteiger partial charge on any atom is 0.292 e. The lowest BCUT2D eigenvalue weighted by molar-refractivity contribution is -0.256. The maximum absolute atomic E-state index is 13.1. The Morgan fingerprint density at radius 1 is 1.27 bits per heavy atom. The number of carbonyl (C=O) groups is 1. The zero-order chi connectivity index (χ0) is 18.5. The van der Waals surface area contributed by atoms with Gasteiger partial charge in [0, 0.05) is 31.7 Å². The highest BCUT2D eigenvalue weighted by atomic mass is 32.2. The first kappa shape index (κ1) is 17.9. The molecule has 0 saturated carbocycles. The molecule has 142 valence electrons. The third-order valence-corrected chi connectivity index (χ3v) is 7.32. The van der Waals surface area contributed by atoms with Gasteiger partial charge in [-0.25, -0.2) is 8.42 Å². The Kier molecular flexibility index (Phi) is 4.31. The van der Waals surface area contributed by atoms with E-state index in [4.69, 9.17) is 15.2 Å². The number of nitrogens with two attached hydrogens (primary N) is 1. The molecule has 0 aromatic heterocycles. The number of fused-ring (bicyclic) bond motifs is 2. The van der Waals surface area contributed by atoms with Crippen LogP contribution in [0.3, 0.4) is 0 Å². The number of rotatable bonds is 3. The van der Waals surface area contributed by atoms with Crippen LogP contribution in [0.5, 0.6) is 0 Å². The minimum absolute atomic E-state index is 0.136. The van der Waals surface area contributed by atoms with Crippen LogP contribution in [0.2, 0.25) is 0 Å². The van der Waals surface area contributed by atoms with Crippen LogP contribution in [0.15, 0.2) is 23.1 Å². The highest BCUT2D eigenvalue weighted by Crippen LogP contribution is 2.45. The third-order valence-electron chi connectivity index (χ3n) is 5.37. The number of likely N-dealkylation sites (N-methyl/N-ethyl adjacent to an activating group) is 1. The molecule has 2 N–H and O–H groups in total. The summed E-state index contributed by atoms with van der Waals surface area (Å²) in [5, 5.41) is 0. The van der Waals surface area contributed by atoms with Crippen LogP contribution in [-0.4, -0.2) is 58.0 Å². The Morgan fingerprint density at radius 2 is 2.00 bits per heavy atom. The van der Waals surface area contributed by atoms with Crippen molar-refractivity contribution in [3.8, 4) is 0 Å². The van der Waals surface area contributed by atoms with Gasteiger partial charge in [-0.15, -0.1) is 0 Å². The van der Waals surface area contributed by atoms with E-state index in [-0.39, 0.29) is 16.8 Å². The molecule has 2 saturated heterocycles. The van der Waals surface area contributed by atoms with Gasteiger partial charge in [-0.1, -0.05) is 0 Å². The van der Waals surface area contributed by atoms with Crippen molar-refractivity contribution in [2.45, 2.75) is 36.0 Å². The lowest BCUT2D eigenvalue weighted by atomic mass is 10.1. The van der Waals surface area contributed by atoms with Gasteiger partial charge < -0.3 is 20.1 Å². The number of hydrogen-bond acceptors (Lipinski definition) is 6. The predicted octanol–water partition coefficient (Wildman–Crippen LogP) is 0.365. The van der Waals surface area contributed by atoms with Crippen molar-refractivity contribution < 1.29 is 22.7 Å². The van der Waals surface area contributed by atoms with Crippen molar-refractivity contribution in [1.29, 1.82) is 0 Å². The Hall–Kier alpha value is -1.52. The fourth-order valence-corrected chi connectivity index (χ4v) is 5.72. The van der Waals surface area contributed by atoms with E-state index in [0.29, 0.717) is 44.0 Å². The van der Waals surface area contributed by atoms with Crippen LogP contribution >= 0.6 is 0 Å². The van der Waals surface area contributed by atoms with E-state index in [9.17, 15) is 13.2 Å². The monoisotopic (exact) mass is 381 g/mol. The summed E-state index contributed by atoms with van der Waals surface area (Å²) in [7, 11) is -2.06. The van der Waals surface area contributed by atoms with Gasteiger partial charge in [0.15, 0.2) is 0 Å². The smallest absolute Gasteiger partial charge is 0.292 e. The van der Waals surface area contributed by atoms with Gasteiger partial charge in [0.1, 0.15) is 0 Å². The maximum atomic E-state index is 13.1. The van der Waals surface area contributed by atoms with Gasteiger partial charge in [-0.2, -0.15) is 4.31 Å². The molecular formula is C17H23N3O5S. The van der Waals surface area contributed by atoms with E-state index in [2.05, 4.69) is 0 Å². The van der Waals surface area contributed by atoms with Gasteiger partial charge >= 0.3 is 0 Å². The first-order valence-electron chi connectivity index (χ1n) is 8.84. The minimum atomic E-state index is -3.70.